The van der Waals surface area contributed by atoms with Gasteiger partial charge in [-0.1, -0.05) is 74.2 Å². The quantitative estimate of drug-likeness (QED) is 0.0991. The summed E-state index contributed by atoms with van der Waals surface area (Å²) in [4.78, 5) is 62.2. The summed E-state index contributed by atoms with van der Waals surface area (Å²) in [6, 6.07) is 14.4. The average molecular weight is 796 g/mol. The van der Waals surface area contributed by atoms with Gasteiger partial charge < -0.3 is 20.0 Å². The fourth-order valence-corrected chi connectivity index (χ4v) is 6.00. The van der Waals surface area contributed by atoms with Crippen LogP contribution >= 0.6 is 23.2 Å². The van der Waals surface area contributed by atoms with Crippen LogP contribution in [0.25, 0.3) is 32.8 Å². The maximum absolute atomic E-state index is 13.0. The van der Waals surface area contributed by atoms with Crippen molar-refractivity contribution in [1.82, 2.24) is 37.4 Å². The Bertz CT molecular complexity index is 2560. The zero-order valence-electron chi connectivity index (χ0n) is 31.3. The number of imidazole rings is 2. The Morgan fingerprint density at radius 2 is 1.11 bits per heavy atom. The van der Waals surface area contributed by atoms with E-state index in [1.165, 1.54) is 22.8 Å². The summed E-state index contributed by atoms with van der Waals surface area (Å²) in [6.07, 6.45) is 3.19. The fourth-order valence-electron chi connectivity index (χ4n) is 5.75. The van der Waals surface area contributed by atoms with Gasteiger partial charge in [0.2, 0.25) is 5.95 Å². The molecule has 0 aliphatic carbocycles. The second-order valence-electron chi connectivity index (χ2n) is 12.5. The number of unbranched alkanes of at least 4 members (excludes halogenated alkanes) is 2. The Kier molecular flexibility index (Phi) is 14.6. The van der Waals surface area contributed by atoms with Gasteiger partial charge in [-0.3, -0.25) is 27.9 Å². The number of aliphatic hydroxyl groups excluding tert-OH is 1. The molecule has 4 heterocycles. The molecule has 0 unspecified atom stereocenters. The first-order valence-corrected chi connectivity index (χ1v) is 18.4. The van der Waals surface area contributed by atoms with Crippen LogP contribution in [0.3, 0.4) is 0 Å². The molecule has 17 nitrogen and oxygen atoms in total. The Hall–Kier alpha value is -5.61. The molecule has 0 amide bonds. The number of anilines is 1. The molecule has 0 fully saturated rings. The zero-order chi connectivity index (χ0) is 40.4. The molecule has 0 aliphatic rings. The molecule has 292 valence electrons. The number of nitrogens with two attached hydrogens (primary N) is 1. The minimum absolute atomic E-state index is 0.0304. The SMILES string of the molecule is CCCCn1c(=O)c2c(nc(N)n2Cc2ccc(Cl)cc2)n(C)c1=O.CCCCn1c(=O)c2c(nc(N=[N+]=[N-])n2Cc2ccc(Cl)cc2)n(C)c1=O.CCO. The number of halogens is 2. The van der Waals surface area contributed by atoms with E-state index in [9.17, 15) is 19.2 Å². The lowest BCUT2D eigenvalue weighted by molar-refractivity contribution is 0.318. The van der Waals surface area contributed by atoms with Crippen molar-refractivity contribution in [3.05, 3.63) is 122 Å². The zero-order valence-corrected chi connectivity index (χ0v) is 32.8. The minimum Gasteiger partial charge on any atom is -0.397 e. The first-order valence-electron chi connectivity index (χ1n) is 17.6. The second kappa shape index (κ2) is 19.1. The molecule has 0 saturated carbocycles. The van der Waals surface area contributed by atoms with Crippen molar-refractivity contribution in [3.8, 4) is 0 Å². The average Bonchev–Trinajstić information content (AvgIpc) is 3.69. The number of rotatable bonds is 11. The van der Waals surface area contributed by atoms with Gasteiger partial charge in [-0.05, 0) is 65.8 Å². The van der Waals surface area contributed by atoms with E-state index in [-0.39, 0.29) is 47.5 Å². The third kappa shape index (κ3) is 9.38. The number of hydrogen-bond acceptors (Lipinski definition) is 9. The van der Waals surface area contributed by atoms with E-state index in [0.717, 1.165) is 30.4 Å². The van der Waals surface area contributed by atoms with Gasteiger partial charge >= 0.3 is 11.4 Å². The summed E-state index contributed by atoms with van der Waals surface area (Å²) in [7, 11) is 3.15. The molecule has 3 N–H and O–H groups in total. The summed E-state index contributed by atoms with van der Waals surface area (Å²) in [5.74, 6) is 0.230. The predicted molar refractivity (Wildman–Crippen MR) is 215 cm³/mol. The fraction of sp³-hybridized carbons (Fsp3) is 0.389. The molecule has 6 rings (SSSR count). The Morgan fingerprint density at radius 1 is 0.709 bits per heavy atom. The van der Waals surface area contributed by atoms with Gasteiger partial charge in [0, 0.05) is 55.3 Å². The highest BCUT2D eigenvalue weighted by Crippen LogP contribution is 2.22. The highest BCUT2D eigenvalue weighted by atomic mass is 35.5. The minimum atomic E-state index is -0.442. The highest BCUT2D eigenvalue weighted by Gasteiger charge is 2.21. The Balaban J connectivity index is 0.000000229. The van der Waals surface area contributed by atoms with E-state index in [2.05, 4.69) is 20.0 Å². The van der Waals surface area contributed by atoms with Gasteiger partial charge in [-0.15, -0.1) is 0 Å². The molecule has 0 radical (unpaired) electrons. The number of azide groups is 1. The molecule has 0 bridgehead atoms. The number of benzene rings is 2. The van der Waals surface area contributed by atoms with Crippen molar-refractivity contribution in [2.75, 3.05) is 12.3 Å². The van der Waals surface area contributed by atoms with Gasteiger partial charge in [-0.2, -0.15) is 4.98 Å². The first-order chi connectivity index (χ1) is 26.3. The van der Waals surface area contributed by atoms with Crippen molar-refractivity contribution >= 4 is 57.4 Å². The van der Waals surface area contributed by atoms with Crippen LogP contribution in [0.1, 0.15) is 57.6 Å². The van der Waals surface area contributed by atoms with Gasteiger partial charge in [0.25, 0.3) is 11.1 Å². The standard InChI is InChI=1S/C17H18ClN7O2.C17H20ClN5O2.C2H6O/c1-3-4-9-24-15(26)13-14(23(2)17(24)27)20-16(21-22-19)25(13)10-11-5-7-12(18)8-6-11;1-3-4-9-22-15(24)13-14(21(2)17(22)25)20-16(19)23(13)10-11-5-7-12(18)8-6-11;1-2-3/h5-8H,3-4,9-10H2,1-2H3;5-8H,3-4,9-10H2,1-2H3,(H2,19,20);3H,2H2,1H3. The molecular weight excluding hydrogens is 751 g/mol. The molecule has 0 aliphatic heterocycles. The number of aliphatic hydroxyl groups is 1. The van der Waals surface area contributed by atoms with E-state index in [1.54, 1.807) is 49.9 Å². The van der Waals surface area contributed by atoms with Crippen molar-refractivity contribution in [1.29, 1.82) is 0 Å². The largest absolute Gasteiger partial charge is 0.397 e. The summed E-state index contributed by atoms with van der Waals surface area (Å²) < 4.78 is 8.31. The number of nitrogens with zero attached hydrogens (tertiary/aromatic N) is 11. The van der Waals surface area contributed by atoms with Gasteiger partial charge in [0.15, 0.2) is 28.3 Å². The van der Waals surface area contributed by atoms with E-state index >= 15 is 0 Å². The van der Waals surface area contributed by atoms with Gasteiger partial charge in [0.05, 0.1) is 6.54 Å². The number of hydrogen-bond donors (Lipinski definition) is 2. The maximum atomic E-state index is 13.0. The topological polar surface area (TPSA) is 219 Å². The number of nitrogen functional groups attached to an aromatic ring is 1. The van der Waals surface area contributed by atoms with Crippen LogP contribution in [0.4, 0.5) is 11.9 Å². The van der Waals surface area contributed by atoms with E-state index in [4.69, 9.17) is 39.6 Å². The molecule has 0 atom stereocenters. The van der Waals surface area contributed by atoms with Crippen LogP contribution in [0.2, 0.25) is 10.0 Å². The van der Waals surface area contributed by atoms with Crippen LogP contribution < -0.4 is 28.2 Å². The lowest BCUT2D eigenvalue weighted by Crippen LogP contribution is -2.39. The molecular formula is C36H44Cl2N12O5. The van der Waals surface area contributed by atoms with Crippen LogP contribution in [0.15, 0.2) is 72.8 Å². The van der Waals surface area contributed by atoms with Crippen molar-refractivity contribution < 1.29 is 5.11 Å². The van der Waals surface area contributed by atoms with Gasteiger partial charge in [-0.25, -0.2) is 14.6 Å². The van der Waals surface area contributed by atoms with Crippen molar-refractivity contribution in [3.63, 3.8) is 0 Å². The Morgan fingerprint density at radius 3 is 1.53 bits per heavy atom. The lowest BCUT2D eigenvalue weighted by atomic mass is 10.2. The number of fused-ring (bicyclic) bond motifs is 2. The molecule has 19 heteroatoms. The Labute approximate surface area is 325 Å². The summed E-state index contributed by atoms with van der Waals surface area (Å²) in [6.45, 7) is 7.25. The molecule has 6 aromatic rings. The predicted octanol–water partition coefficient (Wildman–Crippen LogP) is 5.32. The second-order valence-corrected chi connectivity index (χ2v) is 13.3. The highest BCUT2D eigenvalue weighted by molar-refractivity contribution is 6.30. The third-order valence-corrected chi connectivity index (χ3v) is 9.09. The normalized spacial score (nSPS) is 10.8. The third-order valence-electron chi connectivity index (χ3n) is 8.59. The van der Waals surface area contributed by atoms with E-state index in [0.29, 0.717) is 47.3 Å². The summed E-state index contributed by atoms with van der Waals surface area (Å²) >= 11 is 11.8. The molecule has 2 aromatic carbocycles. The van der Waals surface area contributed by atoms with Crippen molar-refractivity contribution in [2.45, 2.75) is 72.6 Å². The summed E-state index contributed by atoms with van der Waals surface area (Å²) in [5.41, 5.74) is 16.1. The molecule has 4 aromatic heterocycles. The number of aromatic nitrogens is 8. The monoisotopic (exact) mass is 794 g/mol. The molecule has 55 heavy (non-hydrogen) atoms. The van der Waals surface area contributed by atoms with Crippen LogP contribution in [0, 0.1) is 0 Å². The lowest BCUT2D eigenvalue weighted by Gasteiger charge is -2.10. The van der Waals surface area contributed by atoms with E-state index in [1.807, 2.05) is 38.1 Å². The van der Waals surface area contributed by atoms with Crippen molar-refractivity contribution in [2.24, 2.45) is 19.2 Å². The summed E-state index contributed by atoms with van der Waals surface area (Å²) in [5, 5.41) is 12.4. The maximum Gasteiger partial charge on any atom is 0.332 e. The molecule has 0 saturated heterocycles. The van der Waals surface area contributed by atoms with Crippen LogP contribution in [-0.4, -0.2) is 49.1 Å². The van der Waals surface area contributed by atoms with Crippen LogP contribution in [0.5, 0.6) is 0 Å². The van der Waals surface area contributed by atoms with Gasteiger partial charge in [0.1, 0.15) is 0 Å². The van der Waals surface area contributed by atoms with E-state index < -0.39 is 11.2 Å². The van der Waals surface area contributed by atoms with Crippen LogP contribution in [-0.2, 0) is 40.3 Å². The number of aryl methyl sites for hydroxylation is 2. The molecule has 0 spiro atoms. The smallest absolute Gasteiger partial charge is 0.332 e. The first kappa shape index (κ1) is 42.1.